The Kier molecular flexibility index (Phi) is 4.06. The topological polar surface area (TPSA) is 77.8 Å². The first kappa shape index (κ1) is 18.1. The molecule has 2 saturated carbocycles. The van der Waals surface area contributed by atoms with Crippen molar-refractivity contribution in [1.82, 2.24) is 0 Å². The van der Waals surface area contributed by atoms with Crippen molar-refractivity contribution in [3.05, 3.63) is 11.6 Å². The molecule has 4 nitrogen and oxygen atoms in total. The summed E-state index contributed by atoms with van der Waals surface area (Å²) in [4.78, 5) is 12.9. The summed E-state index contributed by atoms with van der Waals surface area (Å²) in [6, 6.07) is 0. The Morgan fingerprint density at radius 3 is 2.50 bits per heavy atom. The zero-order chi connectivity index (χ0) is 18.0. The van der Waals surface area contributed by atoms with Crippen LogP contribution in [0.3, 0.4) is 0 Å². The second-order valence-corrected chi connectivity index (χ2v) is 9.53. The van der Waals surface area contributed by atoms with Gasteiger partial charge >= 0.3 is 0 Å². The van der Waals surface area contributed by atoms with Crippen molar-refractivity contribution >= 4 is 5.78 Å². The summed E-state index contributed by atoms with van der Waals surface area (Å²) in [6.07, 6.45) is 6.38. The van der Waals surface area contributed by atoms with Gasteiger partial charge in [-0.1, -0.05) is 20.3 Å². The molecule has 2 fully saturated rings. The monoisotopic (exact) mass is 336 g/mol. The third-order valence-corrected chi connectivity index (χ3v) is 7.61. The van der Waals surface area contributed by atoms with E-state index in [0.29, 0.717) is 24.8 Å². The molecule has 0 aromatic carbocycles. The van der Waals surface area contributed by atoms with Gasteiger partial charge in [0.1, 0.15) is 5.60 Å². The molecule has 0 aromatic rings. The van der Waals surface area contributed by atoms with Crippen LogP contribution in [0.2, 0.25) is 0 Å². The predicted molar refractivity (Wildman–Crippen MR) is 92.3 cm³/mol. The summed E-state index contributed by atoms with van der Waals surface area (Å²) in [6.45, 7) is 7.72. The lowest BCUT2D eigenvalue weighted by Crippen LogP contribution is -2.58. The lowest BCUT2D eigenvalue weighted by atomic mass is 9.45. The van der Waals surface area contributed by atoms with Crippen molar-refractivity contribution in [2.75, 3.05) is 6.61 Å². The van der Waals surface area contributed by atoms with Gasteiger partial charge in [-0.25, -0.2) is 0 Å². The summed E-state index contributed by atoms with van der Waals surface area (Å²) in [7, 11) is 0. The molecule has 3 rings (SSSR count). The number of hydrogen-bond acceptors (Lipinski definition) is 4. The number of aliphatic hydroxyl groups is 3. The minimum atomic E-state index is -1.34. The zero-order valence-electron chi connectivity index (χ0n) is 15.4. The molecule has 0 saturated heterocycles. The van der Waals surface area contributed by atoms with Crippen molar-refractivity contribution in [2.24, 2.45) is 22.7 Å². The van der Waals surface area contributed by atoms with E-state index in [1.807, 2.05) is 0 Å². The highest BCUT2D eigenvalue weighted by atomic mass is 16.4. The molecule has 0 aromatic heterocycles. The molecular weight excluding hydrogens is 304 g/mol. The van der Waals surface area contributed by atoms with Crippen LogP contribution in [0.4, 0.5) is 0 Å². The summed E-state index contributed by atoms with van der Waals surface area (Å²) in [5, 5.41) is 31.2. The number of carbonyl (C=O) groups is 1. The quantitative estimate of drug-likeness (QED) is 0.724. The van der Waals surface area contributed by atoms with Gasteiger partial charge in [0.25, 0.3) is 0 Å². The van der Waals surface area contributed by atoms with Gasteiger partial charge < -0.3 is 15.3 Å². The average molecular weight is 336 g/mol. The molecule has 24 heavy (non-hydrogen) atoms. The molecule has 5 atom stereocenters. The van der Waals surface area contributed by atoms with E-state index in [9.17, 15) is 20.1 Å². The van der Waals surface area contributed by atoms with E-state index in [4.69, 9.17) is 0 Å². The Hall–Kier alpha value is -0.710. The van der Waals surface area contributed by atoms with E-state index in [1.54, 1.807) is 19.9 Å². The Balaban J connectivity index is 2.04. The van der Waals surface area contributed by atoms with Gasteiger partial charge in [0.2, 0.25) is 0 Å². The van der Waals surface area contributed by atoms with Crippen LogP contribution in [-0.4, -0.2) is 38.9 Å². The fourth-order valence-corrected chi connectivity index (χ4v) is 5.80. The van der Waals surface area contributed by atoms with Gasteiger partial charge in [0, 0.05) is 13.0 Å². The summed E-state index contributed by atoms with van der Waals surface area (Å²) < 4.78 is 0. The highest BCUT2D eigenvalue weighted by molar-refractivity contribution is 5.97. The molecule has 0 spiro atoms. The van der Waals surface area contributed by atoms with E-state index >= 15 is 0 Å². The van der Waals surface area contributed by atoms with Gasteiger partial charge in [0.15, 0.2) is 5.78 Å². The zero-order valence-corrected chi connectivity index (χ0v) is 15.4. The minimum absolute atomic E-state index is 0.0175. The molecule has 3 N–H and O–H groups in total. The maximum atomic E-state index is 12.9. The highest BCUT2D eigenvalue weighted by Gasteiger charge is 2.59. The van der Waals surface area contributed by atoms with Crippen LogP contribution in [0.5, 0.6) is 0 Å². The Bertz CT molecular complexity index is 575. The van der Waals surface area contributed by atoms with E-state index in [1.165, 1.54) is 0 Å². The van der Waals surface area contributed by atoms with Crippen molar-refractivity contribution in [3.8, 4) is 0 Å². The third-order valence-electron chi connectivity index (χ3n) is 7.61. The standard InChI is InChI=1S/C20H32O4/c1-17(2,23)20(24)9-6-14-13(11-20)15(22)10-16-18(3,12-21)7-5-8-19(14,16)4/h11,14,16,21,23-24H,5-10,12H2,1-4H3/t14-,16-,18-,19+,20+/m0/s1. The van der Waals surface area contributed by atoms with Crippen LogP contribution in [0.1, 0.15) is 66.2 Å². The first-order valence-corrected chi connectivity index (χ1v) is 9.28. The summed E-state index contributed by atoms with van der Waals surface area (Å²) >= 11 is 0. The van der Waals surface area contributed by atoms with Crippen LogP contribution in [0, 0.1) is 22.7 Å². The molecular formula is C20H32O4. The van der Waals surface area contributed by atoms with E-state index in [2.05, 4.69) is 13.8 Å². The van der Waals surface area contributed by atoms with Crippen molar-refractivity contribution in [2.45, 2.75) is 77.4 Å². The Morgan fingerprint density at radius 1 is 1.25 bits per heavy atom. The number of fused-ring (bicyclic) bond motifs is 3. The first-order chi connectivity index (χ1) is 11.0. The van der Waals surface area contributed by atoms with E-state index < -0.39 is 11.2 Å². The molecule has 0 bridgehead atoms. The molecule has 4 heteroatoms. The molecule has 0 unspecified atom stereocenters. The van der Waals surface area contributed by atoms with Crippen LogP contribution in [-0.2, 0) is 4.79 Å². The fraction of sp³-hybridized carbons (Fsp3) is 0.850. The molecule has 0 amide bonds. The molecule has 0 radical (unpaired) electrons. The number of aliphatic hydroxyl groups excluding tert-OH is 1. The highest BCUT2D eigenvalue weighted by Crippen LogP contribution is 2.62. The summed E-state index contributed by atoms with van der Waals surface area (Å²) in [5.74, 6) is 0.399. The van der Waals surface area contributed by atoms with Crippen molar-refractivity contribution < 1.29 is 20.1 Å². The van der Waals surface area contributed by atoms with Gasteiger partial charge in [-0.15, -0.1) is 0 Å². The number of Topliss-reactive ketones (excluding diaryl/α,β-unsaturated/α-hetero) is 1. The number of carbonyl (C=O) groups excluding carboxylic acids is 1. The van der Waals surface area contributed by atoms with Crippen LogP contribution >= 0.6 is 0 Å². The normalized spacial score (nSPS) is 46.1. The Morgan fingerprint density at radius 2 is 1.92 bits per heavy atom. The second-order valence-electron chi connectivity index (χ2n) is 9.53. The van der Waals surface area contributed by atoms with Crippen LogP contribution < -0.4 is 0 Å². The van der Waals surface area contributed by atoms with Crippen molar-refractivity contribution in [3.63, 3.8) is 0 Å². The van der Waals surface area contributed by atoms with E-state index in [-0.39, 0.29) is 35.1 Å². The maximum absolute atomic E-state index is 12.9. The molecule has 0 heterocycles. The average Bonchev–Trinajstić information content (AvgIpc) is 2.49. The van der Waals surface area contributed by atoms with Gasteiger partial charge in [-0.05, 0) is 73.8 Å². The van der Waals surface area contributed by atoms with Crippen LogP contribution in [0.15, 0.2) is 11.6 Å². The number of rotatable bonds is 2. The third kappa shape index (κ3) is 2.41. The lowest BCUT2D eigenvalue weighted by Gasteiger charge is -2.59. The van der Waals surface area contributed by atoms with Crippen molar-refractivity contribution in [1.29, 1.82) is 0 Å². The molecule has 136 valence electrons. The molecule has 3 aliphatic rings. The minimum Gasteiger partial charge on any atom is -0.396 e. The number of ketones is 1. The SMILES string of the molecule is CC(C)(O)[C@]1(O)C=C2C(=O)C[C@H]3[C@](C)(CO)CCC[C@]3(C)[C@H]2CC1. The molecule has 3 aliphatic carbocycles. The van der Waals surface area contributed by atoms with Gasteiger partial charge in [-0.2, -0.15) is 0 Å². The summed E-state index contributed by atoms with van der Waals surface area (Å²) in [5.41, 5.74) is -2.11. The number of hydrogen-bond donors (Lipinski definition) is 3. The largest absolute Gasteiger partial charge is 0.396 e. The maximum Gasteiger partial charge on any atom is 0.159 e. The first-order valence-electron chi connectivity index (χ1n) is 9.28. The molecule has 0 aliphatic heterocycles. The predicted octanol–water partition coefficient (Wildman–Crippen LogP) is 2.60. The van der Waals surface area contributed by atoms with Gasteiger partial charge in [0.05, 0.1) is 5.60 Å². The fourth-order valence-electron chi connectivity index (χ4n) is 5.80. The lowest BCUT2D eigenvalue weighted by molar-refractivity contribution is -0.144. The number of allylic oxidation sites excluding steroid dienone is 1. The Labute approximate surface area is 145 Å². The van der Waals surface area contributed by atoms with E-state index in [0.717, 1.165) is 19.3 Å². The van der Waals surface area contributed by atoms with Gasteiger partial charge in [-0.3, -0.25) is 4.79 Å². The second kappa shape index (κ2) is 5.39. The smallest absolute Gasteiger partial charge is 0.159 e. The van der Waals surface area contributed by atoms with Crippen LogP contribution in [0.25, 0.3) is 0 Å².